The fraction of sp³-hybridized carbons (Fsp3) is 0.0238. The van der Waals surface area contributed by atoms with Crippen LogP contribution in [0.3, 0.4) is 0 Å². The number of aromatic amines is 2. The number of para-hydroxylation sites is 2. The predicted molar refractivity (Wildman–Crippen MR) is 199 cm³/mol. The number of nitrogens with zero attached hydrogens (tertiary/aromatic N) is 6. The van der Waals surface area contributed by atoms with Crippen LogP contribution in [0.4, 0.5) is 0 Å². The lowest BCUT2D eigenvalue weighted by molar-refractivity contribution is 0.526. The molecule has 0 aliphatic carbocycles. The highest BCUT2D eigenvalue weighted by Gasteiger charge is 2.27. The van der Waals surface area contributed by atoms with E-state index in [4.69, 9.17) is 24.9 Å². The maximum atomic E-state index is 5.56. The number of aromatic nitrogens is 7. The molecule has 0 fully saturated rings. The highest BCUT2D eigenvalue weighted by atomic mass is 15.1. The van der Waals surface area contributed by atoms with E-state index in [-0.39, 0.29) is 0 Å². The minimum Gasteiger partial charge on any atom is -0.361 e. The molecule has 3 aromatic carbocycles. The minimum absolute atomic E-state index is 0.567. The number of hydrogen-bond donors (Lipinski definition) is 2. The lowest BCUT2D eigenvalue weighted by atomic mass is 9.92. The van der Waals surface area contributed by atoms with Crippen molar-refractivity contribution in [2.75, 3.05) is 6.54 Å². The molecule has 8 aromatic rings. The van der Waals surface area contributed by atoms with E-state index in [9.17, 15) is 0 Å². The second-order valence-corrected chi connectivity index (χ2v) is 12.3. The van der Waals surface area contributed by atoms with Crippen LogP contribution in [0.25, 0.3) is 83.7 Å². The van der Waals surface area contributed by atoms with Gasteiger partial charge in [-0.25, -0.2) is 24.9 Å². The molecule has 0 amide bonds. The van der Waals surface area contributed by atoms with Crippen molar-refractivity contribution in [3.63, 3.8) is 0 Å². The molecule has 0 unspecified atom stereocenters. The molecule has 50 heavy (non-hydrogen) atoms. The Morgan fingerprint density at radius 2 is 1.42 bits per heavy atom. The third-order valence-electron chi connectivity index (χ3n) is 9.33. The molecule has 0 spiro atoms. The number of benzene rings is 3. The summed E-state index contributed by atoms with van der Waals surface area (Å²) in [7, 11) is 0. The number of hydrogen-bond acceptors (Lipinski definition) is 6. The zero-order chi connectivity index (χ0) is 33.0. The SMILES string of the molecule is C1=CC2=C(c3nc4cc(-c5ccc[nH]5)c(-c5ccc[nH]5)c(-c5ncc6ccccc6n5)c4nc3-c3ccc4ccccc4n3)C=CCN2C=C1. The van der Waals surface area contributed by atoms with Gasteiger partial charge in [-0.2, -0.15) is 0 Å². The normalized spacial score (nSPS) is 14.0. The van der Waals surface area contributed by atoms with Gasteiger partial charge < -0.3 is 14.9 Å². The summed E-state index contributed by atoms with van der Waals surface area (Å²) in [6.45, 7) is 0.782. The molecule has 0 atom stereocenters. The summed E-state index contributed by atoms with van der Waals surface area (Å²) < 4.78 is 0. The second kappa shape index (κ2) is 11.4. The molecule has 8 heteroatoms. The van der Waals surface area contributed by atoms with Crippen LogP contribution in [-0.2, 0) is 0 Å². The van der Waals surface area contributed by atoms with E-state index in [0.29, 0.717) is 17.0 Å². The average molecular weight is 645 g/mol. The fourth-order valence-electron chi connectivity index (χ4n) is 7.00. The zero-order valence-corrected chi connectivity index (χ0v) is 26.7. The van der Waals surface area contributed by atoms with Crippen molar-refractivity contribution in [3.05, 3.63) is 158 Å². The van der Waals surface area contributed by atoms with Gasteiger partial charge in [-0.05, 0) is 60.7 Å². The first-order valence-corrected chi connectivity index (χ1v) is 16.6. The summed E-state index contributed by atoms with van der Waals surface area (Å²) >= 11 is 0. The van der Waals surface area contributed by atoms with E-state index in [1.807, 2.05) is 79.3 Å². The Morgan fingerprint density at radius 3 is 2.26 bits per heavy atom. The van der Waals surface area contributed by atoms with Crippen LogP contribution in [0, 0.1) is 0 Å². The van der Waals surface area contributed by atoms with E-state index in [2.05, 4.69) is 81.8 Å². The van der Waals surface area contributed by atoms with Gasteiger partial charge in [-0.1, -0.05) is 60.7 Å². The van der Waals surface area contributed by atoms with Crippen molar-refractivity contribution in [1.29, 1.82) is 0 Å². The van der Waals surface area contributed by atoms with Crippen LogP contribution >= 0.6 is 0 Å². The topological polar surface area (TPSA) is 99.3 Å². The lowest BCUT2D eigenvalue weighted by Crippen LogP contribution is -2.21. The summed E-state index contributed by atoms with van der Waals surface area (Å²) in [6.07, 6.45) is 18.4. The molecule has 2 aliphatic rings. The van der Waals surface area contributed by atoms with Crippen LogP contribution in [0.2, 0.25) is 0 Å². The molecule has 0 saturated heterocycles. The first-order chi connectivity index (χ1) is 24.8. The molecule has 2 aliphatic heterocycles. The van der Waals surface area contributed by atoms with Crippen molar-refractivity contribution < 1.29 is 0 Å². The predicted octanol–water partition coefficient (Wildman–Crippen LogP) is 9.11. The van der Waals surface area contributed by atoms with Gasteiger partial charge in [-0.3, -0.25) is 0 Å². The first-order valence-electron chi connectivity index (χ1n) is 16.6. The zero-order valence-electron chi connectivity index (χ0n) is 26.7. The van der Waals surface area contributed by atoms with Crippen molar-refractivity contribution in [1.82, 2.24) is 39.8 Å². The number of allylic oxidation sites excluding steroid dienone is 5. The van der Waals surface area contributed by atoms with Crippen molar-refractivity contribution in [2.24, 2.45) is 0 Å². The standard InChI is InChI=1S/C42H28N8/c1-3-13-30-26(10-1)18-19-34(46-30)41-39(28-12-9-23-50-22-6-5-17-36(28)50)47-35-24-29(32-15-7-20-43-32)37(33-16-8-21-44-33)38(40(35)49-41)42-45-25-27-11-2-4-14-31(27)48-42/h1-22,24-25,43-44H,23H2. The van der Waals surface area contributed by atoms with Gasteiger partial charge in [0.2, 0.25) is 0 Å². The number of H-pyrrole nitrogens is 2. The average Bonchev–Trinajstić information content (AvgIpc) is 3.92. The van der Waals surface area contributed by atoms with Crippen LogP contribution in [0.15, 0.2) is 152 Å². The van der Waals surface area contributed by atoms with Gasteiger partial charge >= 0.3 is 0 Å². The number of pyridine rings is 1. The molecule has 8 nitrogen and oxygen atoms in total. The highest BCUT2D eigenvalue weighted by Crippen LogP contribution is 2.44. The Bertz CT molecular complexity index is 2730. The Kier molecular flexibility index (Phi) is 6.38. The van der Waals surface area contributed by atoms with Crippen LogP contribution in [-0.4, -0.2) is 46.3 Å². The molecular formula is C42H28N8. The van der Waals surface area contributed by atoms with Gasteiger partial charge in [-0.15, -0.1) is 0 Å². The van der Waals surface area contributed by atoms with Crippen LogP contribution in [0.1, 0.15) is 5.69 Å². The van der Waals surface area contributed by atoms with Crippen molar-refractivity contribution in [3.8, 4) is 45.3 Å². The lowest BCUT2D eigenvalue weighted by Gasteiger charge is -2.28. The molecule has 5 aromatic heterocycles. The van der Waals surface area contributed by atoms with E-state index >= 15 is 0 Å². The molecule has 0 saturated carbocycles. The van der Waals surface area contributed by atoms with Gasteiger partial charge in [0.15, 0.2) is 5.82 Å². The molecule has 236 valence electrons. The van der Waals surface area contributed by atoms with Gasteiger partial charge in [0.05, 0.1) is 33.5 Å². The summed E-state index contributed by atoms with van der Waals surface area (Å²) in [5, 5.41) is 2.03. The summed E-state index contributed by atoms with van der Waals surface area (Å²) in [5.74, 6) is 0.567. The summed E-state index contributed by atoms with van der Waals surface area (Å²) in [5.41, 5.74) is 12.0. The maximum Gasteiger partial charge on any atom is 0.162 e. The van der Waals surface area contributed by atoms with E-state index < -0.39 is 0 Å². The first kappa shape index (κ1) is 28.1. The van der Waals surface area contributed by atoms with E-state index in [1.165, 1.54) is 0 Å². The fourth-order valence-corrected chi connectivity index (χ4v) is 7.00. The molecule has 2 N–H and O–H groups in total. The van der Waals surface area contributed by atoms with Crippen molar-refractivity contribution in [2.45, 2.75) is 0 Å². The van der Waals surface area contributed by atoms with Crippen LogP contribution < -0.4 is 0 Å². The molecular weight excluding hydrogens is 617 g/mol. The Labute approximate surface area is 286 Å². The van der Waals surface area contributed by atoms with Crippen LogP contribution in [0.5, 0.6) is 0 Å². The second-order valence-electron chi connectivity index (χ2n) is 12.3. The van der Waals surface area contributed by atoms with E-state index in [0.717, 1.165) is 84.6 Å². The Balaban J connectivity index is 1.36. The summed E-state index contributed by atoms with van der Waals surface area (Å²) in [4.78, 5) is 35.5. The van der Waals surface area contributed by atoms with Crippen molar-refractivity contribution >= 4 is 38.4 Å². The third-order valence-corrected chi connectivity index (χ3v) is 9.33. The third kappa shape index (κ3) is 4.57. The Morgan fingerprint density at radius 1 is 0.620 bits per heavy atom. The largest absolute Gasteiger partial charge is 0.361 e. The molecule has 0 bridgehead atoms. The van der Waals surface area contributed by atoms with Gasteiger partial charge in [0, 0.05) is 70.2 Å². The Hall–Kier alpha value is -6.93. The van der Waals surface area contributed by atoms with Gasteiger partial charge in [0.1, 0.15) is 16.9 Å². The minimum atomic E-state index is 0.567. The molecule has 10 rings (SSSR count). The number of rotatable bonds is 5. The number of nitrogens with one attached hydrogen (secondary N) is 2. The highest BCUT2D eigenvalue weighted by molar-refractivity contribution is 6.07. The smallest absolute Gasteiger partial charge is 0.162 e. The summed E-state index contributed by atoms with van der Waals surface area (Å²) in [6, 6.07) is 30.6. The van der Waals surface area contributed by atoms with E-state index in [1.54, 1.807) is 0 Å². The quantitative estimate of drug-likeness (QED) is 0.194. The molecule has 0 radical (unpaired) electrons. The molecule has 7 heterocycles. The van der Waals surface area contributed by atoms with Gasteiger partial charge in [0.25, 0.3) is 0 Å². The monoisotopic (exact) mass is 644 g/mol. The maximum absolute atomic E-state index is 5.56. The number of fused-ring (bicyclic) bond motifs is 4.